The van der Waals surface area contributed by atoms with Crippen molar-refractivity contribution < 1.29 is 5.11 Å². The van der Waals surface area contributed by atoms with Crippen LogP contribution in [-0.2, 0) is 6.42 Å². The van der Waals surface area contributed by atoms with Crippen LogP contribution in [0.3, 0.4) is 0 Å². The van der Waals surface area contributed by atoms with Gasteiger partial charge in [0.2, 0.25) is 0 Å². The van der Waals surface area contributed by atoms with Crippen molar-refractivity contribution in [2.75, 3.05) is 0 Å². The van der Waals surface area contributed by atoms with Gasteiger partial charge in [-0.05, 0) is 42.2 Å². The molecule has 1 nitrogen and oxygen atoms in total. The molecule has 0 bridgehead atoms. The lowest BCUT2D eigenvalue weighted by Gasteiger charge is -2.13. The molecule has 1 aliphatic rings. The van der Waals surface area contributed by atoms with Crippen molar-refractivity contribution in [3.63, 3.8) is 0 Å². The van der Waals surface area contributed by atoms with Crippen LogP contribution in [0.15, 0.2) is 36.4 Å². The van der Waals surface area contributed by atoms with E-state index in [1.807, 2.05) is 18.2 Å². The molecule has 1 aliphatic carbocycles. The highest BCUT2D eigenvalue weighted by atomic mass is 35.5. The molecule has 1 unspecified atom stereocenters. The summed E-state index contributed by atoms with van der Waals surface area (Å²) in [5, 5.41) is 10.7. The molecule has 85 valence electrons. The zero-order chi connectivity index (χ0) is 11.8. The van der Waals surface area contributed by atoms with Crippen LogP contribution in [0.5, 0.6) is 5.75 Å². The van der Waals surface area contributed by atoms with Crippen molar-refractivity contribution in [2.45, 2.75) is 18.8 Å². The Balaban J connectivity index is 2.11. The number of rotatable bonds is 1. The predicted molar refractivity (Wildman–Crippen MR) is 68.6 cm³/mol. The first-order chi connectivity index (χ1) is 8.27. The van der Waals surface area contributed by atoms with E-state index in [2.05, 4.69) is 12.1 Å². The topological polar surface area (TPSA) is 20.2 Å². The summed E-state index contributed by atoms with van der Waals surface area (Å²) in [6.07, 6.45) is 1.97. The lowest BCUT2D eigenvalue weighted by molar-refractivity contribution is 0.464. The van der Waals surface area contributed by atoms with Crippen LogP contribution in [0, 0.1) is 6.07 Å². The Hall–Kier alpha value is -1.47. The molecule has 2 aromatic rings. The van der Waals surface area contributed by atoms with Gasteiger partial charge in [-0.3, -0.25) is 0 Å². The summed E-state index contributed by atoms with van der Waals surface area (Å²) >= 11 is 6.19. The lowest BCUT2D eigenvalue weighted by atomic mass is 9.92. The predicted octanol–water partition coefficient (Wildman–Crippen LogP) is 3.92. The number of hydrogen-bond donors (Lipinski definition) is 1. The number of hydrogen-bond acceptors (Lipinski definition) is 1. The average molecular weight is 244 g/mol. The minimum Gasteiger partial charge on any atom is -0.508 e. The van der Waals surface area contributed by atoms with E-state index in [0.29, 0.717) is 5.75 Å². The largest absolute Gasteiger partial charge is 0.508 e. The number of aromatic hydroxyl groups is 1. The second kappa shape index (κ2) is 4.08. The Kier molecular flexibility index (Phi) is 2.56. The fraction of sp³-hybridized carbons (Fsp3) is 0.200. The first-order valence-electron chi connectivity index (χ1n) is 5.74. The summed E-state index contributed by atoms with van der Waals surface area (Å²) in [5.74, 6) is 0.551. The van der Waals surface area contributed by atoms with Crippen LogP contribution < -0.4 is 0 Å². The highest BCUT2D eigenvalue weighted by molar-refractivity contribution is 6.31. The molecule has 0 fully saturated rings. The Morgan fingerprint density at radius 2 is 2.12 bits per heavy atom. The van der Waals surface area contributed by atoms with E-state index in [9.17, 15) is 5.11 Å². The van der Waals surface area contributed by atoms with Gasteiger partial charge in [0.25, 0.3) is 0 Å². The molecule has 1 atom stereocenters. The van der Waals surface area contributed by atoms with Crippen molar-refractivity contribution in [1.29, 1.82) is 0 Å². The third-order valence-corrected chi connectivity index (χ3v) is 3.78. The summed E-state index contributed by atoms with van der Waals surface area (Å²) in [7, 11) is 0. The minimum absolute atomic E-state index is 0.227. The number of fused-ring (bicyclic) bond motifs is 1. The van der Waals surface area contributed by atoms with E-state index < -0.39 is 0 Å². The van der Waals surface area contributed by atoms with E-state index in [-0.39, 0.29) is 5.92 Å². The van der Waals surface area contributed by atoms with Crippen molar-refractivity contribution in [3.8, 4) is 5.75 Å². The molecular weight excluding hydrogens is 232 g/mol. The number of halogens is 1. The van der Waals surface area contributed by atoms with Crippen LogP contribution in [0.4, 0.5) is 0 Å². The zero-order valence-corrected chi connectivity index (χ0v) is 10.0. The lowest BCUT2D eigenvalue weighted by Crippen LogP contribution is -1.96. The highest BCUT2D eigenvalue weighted by Crippen LogP contribution is 2.43. The minimum atomic E-state index is 0.227. The second-order valence-electron chi connectivity index (χ2n) is 4.37. The fourth-order valence-corrected chi connectivity index (χ4v) is 2.91. The van der Waals surface area contributed by atoms with E-state index >= 15 is 0 Å². The van der Waals surface area contributed by atoms with Gasteiger partial charge in [-0.25, -0.2) is 0 Å². The highest BCUT2D eigenvalue weighted by Gasteiger charge is 2.27. The van der Waals surface area contributed by atoms with Gasteiger partial charge in [0, 0.05) is 16.5 Å². The summed E-state index contributed by atoms with van der Waals surface area (Å²) < 4.78 is 0. The van der Waals surface area contributed by atoms with Gasteiger partial charge in [-0.2, -0.15) is 0 Å². The Labute approximate surface area is 106 Å². The average Bonchev–Trinajstić information content (AvgIpc) is 2.75. The molecule has 0 amide bonds. The molecule has 0 saturated heterocycles. The van der Waals surface area contributed by atoms with E-state index in [4.69, 9.17) is 11.6 Å². The second-order valence-corrected chi connectivity index (χ2v) is 4.78. The third-order valence-electron chi connectivity index (χ3n) is 3.43. The first kappa shape index (κ1) is 10.7. The van der Waals surface area contributed by atoms with Crippen molar-refractivity contribution in [2.24, 2.45) is 0 Å². The molecular formula is C15H12ClO. The molecule has 1 N–H and O–H groups in total. The van der Waals surface area contributed by atoms with E-state index in [0.717, 1.165) is 23.4 Å². The third kappa shape index (κ3) is 1.71. The maximum absolute atomic E-state index is 9.90. The molecule has 0 saturated carbocycles. The molecule has 0 spiro atoms. The Morgan fingerprint density at radius 1 is 1.24 bits per heavy atom. The molecule has 0 aliphatic heterocycles. The summed E-state index contributed by atoms with van der Waals surface area (Å²) in [5.41, 5.74) is 3.33. The Bertz CT molecular complexity index is 563. The number of phenolic OH excluding ortho intramolecular Hbond substituents is 1. The maximum atomic E-state index is 9.90. The van der Waals surface area contributed by atoms with Gasteiger partial charge < -0.3 is 5.11 Å². The van der Waals surface area contributed by atoms with Crippen molar-refractivity contribution >= 4 is 11.6 Å². The molecule has 1 radical (unpaired) electrons. The van der Waals surface area contributed by atoms with Gasteiger partial charge in [0.1, 0.15) is 5.75 Å². The van der Waals surface area contributed by atoms with E-state index in [1.54, 1.807) is 12.1 Å². The summed E-state index contributed by atoms with van der Waals surface area (Å²) in [4.78, 5) is 0. The maximum Gasteiger partial charge on any atom is 0.120 e. The van der Waals surface area contributed by atoms with Crippen LogP contribution in [0.1, 0.15) is 29.0 Å². The number of phenols is 1. The monoisotopic (exact) mass is 243 g/mol. The van der Waals surface area contributed by atoms with Crippen LogP contribution in [0.25, 0.3) is 0 Å². The van der Waals surface area contributed by atoms with Crippen LogP contribution >= 0.6 is 11.6 Å². The van der Waals surface area contributed by atoms with Gasteiger partial charge >= 0.3 is 0 Å². The smallest absolute Gasteiger partial charge is 0.120 e. The van der Waals surface area contributed by atoms with Crippen LogP contribution in [0.2, 0.25) is 5.02 Å². The zero-order valence-electron chi connectivity index (χ0n) is 9.28. The first-order valence-corrected chi connectivity index (χ1v) is 6.12. The molecule has 3 rings (SSSR count). The summed E-state index contributed by atoms with van der Waals surface area (Å²) in [6.45, 7) is 0. The summed E-state index contributed by atoms with van der Waals surface area (Å²) in [6, 6.07) is 14.5. The quantitative estimate of drug-likeness (QED) is 0.805. The van der Waals surface area contributed by atoms with Crippen molar-refractivity contribution in [3.05, 3.63) is 64.2 Å². The molecule has 0 aromatic heterocycles. The van der Waals surface area contributed by atoms with Gasteiger partial charge in [0.05, 0.1) is 0 Å². The van der Waals surface area contributed by atoms with Gasteiger partial charge in [0.15, 0.2) is 0 Å². The van der Waals surface area contributed by atoms with E-state index in [1.165, 1.54) is 11.1 Å². The number of benzene rings is 2. The molecule has 0 heterocycles. The molecule has 2 aromatic carbocycles. The standard InChI is InChI=1S/C15H12ClO/c16-14-6-3-5-10-11(8-9-12(10)14)13-4-1-2-7-15(13)17/h1-3,5-7,11,17H,8-9H2. The van der Waals surface area contributed by atoms with Crippen LogP contribution in [-0.4, -0.2) is 5.11 Å². The fourth-order valence-electron chi connectivity index (χ4n) is 2.63. The van der Waals surface area contributed by atoms with Gasteiger partial charge in [-0.1, -0.05) is 35.9 Å². The SMILES string of the molecule is Oc1ccc[c]c1C1CCc2c(Cl)cccc21. The molecule has 2 heteroatoms. The normalized spacial score (nSPS) is 18.1. The Morgan fingerprint density at radius 3 is 2.94 bits per heavy atom. The molecule has 17 heavy (non-hydrogen) atoms. The van der Waals surface area contributed by atoms with Gasteiger partial charge in [-0.15, -0.1) is 0 Å². The van der Waals surface area contributed by atoms with Crippen molar-refractivity contribution in [1.82, 2.24) is 0 Å².